The number of fused-ring (bicyclic) bond motifs is 1. The van der Waals surface area contributed by atoms with Crippen LogP contribution < -0.4 is 5.32 Å². The number of hydrogen-bond donors (Lipinski definition) is 1. The molecule has 27 heavy (non-hydrogen) atoms. The molecule has 2 aromatic carbocycles. The molecular weight excluding hydrogens is 354 g/mol. The van der Waals surface area contributed by atoms with Crippen LogP contribution in [-0.4, -0.2) is 50.9 Å². The van der Waals surface area contributed by atoms with Crippen molar-refractivity contribution in [3.63, 3.8) is 0 Å². The Labute approximate surface area is 165 Å². The quantitative estimate of drug-likeness (QED) is 0.706. The standard InChI is InChI=1S/C21H25N5S/c1-16-18(14-24(2)23-16)15-25-10-12-26(13-11-25)21(27)22-20-9-5-7-17-6-3-4-8-19(17)20/h3-9,14H,10-13,15H2,1-2H3,(H,22,27). The van der Waals surface area contributed by atoms with Crippen molar-refractivity contribution >= 4 is 33.8 Å². The van der Waals surface area contributed by atoms with Gasteiger partial charge in [-0.05, 0) is 30.6 Å². The number of aromatic nitrogens is 2. The molecule has 1 fully saturated rings. The number of piperazine rings is 1. The van der Waals surface area contributed by atoms with Crippen LogP contribution in [-0.2, 0) is 13.6 Å². The summed E-state index contributed by atoms with van der Waals surface area (Å²) in [4.78, 5) is 4.74. The van der Waals surface area contributed by atoms with E-state index >= 15 is 0 Å². The van der Waals surface area contributed by atoms with Gasteiger partial charge in [-0.1, -0.05) is 36.4 Å². The Morgan fingerprint density at radius 3 is 2.56 bits per heavy atom. The highest BCUT2D eigenvalue weighted by atomic mass is 32.1. The first-order chi connectivity index (χ1) is 13.1. The maximum absolute atomic E-state index is 5.69. The molecule has 4 rings (SSSR count). The van der Waals surface area contributed by atoms with Gasteiger partial charge in [0.25, 0.3) is 0 Å². The van der Waals surface area contributed by atoms with Crippen molar-refractivity contribution in [2.24, 2.45) is 7.05 Å². The van der Waals surface area contributed by atoms with E-state index in [1.807, 2.05) is 11.7 Å². The van der Waals surface area contributed by atoms with Crippen LogP contribution >= 0.6 is 12.2 Å². The summed E-state index contributed by atoms with van der Waals surface area (Å²) >= 11 is 5.69. The van der Waals surface area contributed by atoms with Gasteiger partial charge in [-0.15, -0.1) is 0 Å². The molecule has 0 unspecified atom stereocenters. The van der Waals surface area contributed by atoms with Crippen LogP contribution in [0.4, 0.5) is 5.69 Å². The van der Waals surface area contributed by atoms with Gasteiger partial charge in [0.05, 0.1) is 5.69 Å². The van der Waals surface area contributed by atoms with Crippen molar-refractivity contribution in [2.45, 2.75) is 13.5 Å². The molecule has 0 amide bonds. The molecule has 6 heteroatoms. The first-order valence-electron chi connectivity index (χ1n) is 9.35. The molecule has 0 atom stereocenters. The Morgan fingerprint density at radius 2 is 1.81 bits per heavy atom. The fourth-order valence-corrected chi connectivity index (χ4v) is 3.98. The van der Waals surface area contributed by atoms with Gasteiger partial charge in [0, 0.05) is 62.6 Å². The zero-order valence-electron chi connectivity index (χ0n) is 15.9. The smallest absolute Gasteiger partial charge is 0.173 e. The topological polar surface area (TPSA) is 36.3 Å². The first-order valence-corrected chi connectivity index (χ1v) is 9.76. The Morgan fingerprint density at radius 1 is 1.07 bits per heavy atom. The van der Waals surface area contributed by atoms with Crippen molar-refractivity contribution in [2.75, 3.05) is 31.5 Å². The third-order valence-electron chi connectivity index (χ3n) is 5.20. The van der Waals surface area contributed by atoms with Gasteiger partial charge in [0.1, 0.15) is 0 Å². The molecule has 1 saturated heterocycles. The van der Waals surface area contributed by atoms with E-state index in [0.29, 0.717) is 0 Å². The van der Waals surface area contributed by atoms with Crippen LogP contribution in [0.15, 0.2) is 48.7 Å². The van der Waals surface area contributed by atoms with E-state index in [1.165, 1.54) is 16.3 Å². The minimum absolute atomic E-state index is 0.809. The minimum atomic E-state index is 0.809. The number of aryl methyl sites for hydroxylation is 2. The predicted octanol–water partition coefficient (Wildman–Crippen LogP) is 3.40. The van der Waals surface area contributed by atoms with Crippen molar-refractivity contribution in [1.29, 1.82) is 0 Å². The number of nitrogens with one attached hydrogen (secondary N) is 1. The Bertz CT molecular complexity index is 951. The normalized spacial score (nSPS) is 15.3. The van der Waals surface area contributed by atoms with Crippen LogP contribution in [0.2, 0.25) is 0 Å². The molecule has 1 aliphatic heterocycles. The fourth-order valence-electron chi connectivity index (χ4n) is 3.68. The summed E-state index contributed by atoms with van der Waals surface area (Å²) in [5.74, 6) is 0. The zero-order valence-corrected chi connectivity index (χ0v) is 16.7. The lowest BCUT2D eigenvalue weighted by atomic mass is 10.1. The van der Waals surface area contributed by atoms with Gasteiger partial charge in [0.2, 0.25) is 0 Å². The van der Waals surface area contributed by atoms with Crippen LogP contribution in [0, 0.1) is 6.92 Å². The molecule has 1 N–H and O–H groups in total. The molecule has 2 heterocycles. The maximum atomic E-state index is 5.69. The molecule has 0 radical (unpaired) electrons. The molecule has 0 bridgehead atoms. The summed E-state index contributed by atoms with van der Waals surface area (Å²) in [6.07, 6.45) is 2.12. The summed E-state index contributed by atoms with van der Waals surface area (Å²) in [5.41, 5.74) is 3.50. The summed E-state index contributed by atoms with van der Waals surface area (Å²) in [5, 5.41) is 11.1. The van der Waals surface area contributed by atoms with Gasteiger partial charge in [0.15, 0.2) is 5.11 Å². The first kappa shape index (κ1) is 17.9. The van der Waals surface area contributed by atoms with Crippen molar-refractivity contribution in [3.8, 4) is 0 Å². The summed E-state index contributed by atoms with van der Waals surface area (Å²) < 4.78 is 1.89. The van der Waals surface area contributed by atoms with E-state index in [9.17, 15) is 0 Å². The second kappa shape index (κ2) is 7.66. The van der Waals surface area contributed by atoms with Crippen LogP contribution in [0.1, 0.15) is 11.3 Å². The third-order valence-corrected chi connectivity index (χ3v) is 5.56. The Balaban J connectivity index is 1.36. The molecular formula is C21H25N5S. The van der Waals surface area contributed by atoms with Crippen molar-refractivity contribution in [1.82, 2.24) is 19.6 Å². The second-order valence-electron chi connectivity index (χ2n) is 7.13. The number of benzene rings is 2. The summed E-state index contributed by atoms with van der Waals surface area (Å²) in [6.45, 7) is 6.93. The molecule has 5 nitrogen and oxygen atoms in total. The maximum Gasteiger partial charge on any atom is 0.173 e. The molecule has 1 aromatic heterocycles. The largest absolute Gasteiger partial charge is 0.346 e. The van der Waals surface area contributed by atoms with Gasteiger partial charge in [-0.3, -0.25) is 9.58 Å². The molecule has 3 aromatic rings. The van der Waals surface area contributed by atoms with Gasteiger partial charge in [-0.25, -0.2) is 0 Å². The van der Waals surface area contributed by atoms with Crippen LogP contribution in [0.25, 0.3) is 10.8 Å². The third kappa shape index (κ3) is 3.96. The number of thiocarbonyl (C=S) groups is 1. The number of hydrogen-bond acceptors (Lipinski definition) is 3. The van der Waals surface area contributed by atoms with Gasteiger partial charge >= 0.3 is 0 Å². The average Bonchev–Trinajstić information content (AvgIpc) is 2.99. The average molecular weight is 380 g/mol. The zero-order chi connectivity index (χ0) is 18.8. The Kier molecular flexibility index (Phi) is 5.09. The summed E-state index contributed by atoms with van der Waals surface area (Å²) in [6, 6.07) is 14.7. The Hall–Kier alpha value is -2.44. The fraction of sp³-hybridized carbons (Fsp3) is 0.333. The highest BCUT2D eigenvalue weighted by Crippen LogP contribution is 2.23. The highest BCUT2D eigenvalue weighted by Gasteiger charge is 2.20. The van der Waals surface area contributed by atoms with E-state index < -0.39 is 0 Å². The monoisotopic (exact) mass is 379 g/mol. The van der Waals surface area contributed by atoms with E-state index in [0.717, 1.165) is 49.2 Å². The van der Waals surface area contributed by atoms with Crippen molar-refractivity contribution < 1.29 is 0 Å². The lowest BCUT2D eigenvalue weighted by Gasteiger charge is -2.36. The number of rotatable bonds is 3. The van der Waals surface area contributed by atoms with E-state index in [-0.39, 0.29) is 0 Å². The molecule has 1 aliphatic rings. The van der Waals surface area contributed by atoms with Crippen LogP contribution in [0.3, 0.4) is 0 Å². The van der Waals surface area contributed by atoms with Crippen molar-refractivity contribution in [3.05, 3.63) is 59.9 Å². The molecule has 0 aliphatic carbocycles. The molecule has 140 valence electrons. The second-order valence-corrected chi connectivity index (χ2v) is 7.52. The number of nitrogens with zero attached hydrogens (tertiary/aromatic N) is 4. The van der Waals surface area contributed by atoms with Gasteiger partial charge in [-0.2, -0.15) is 5.10 Å². The SMILES string of the molecule is Cc1nn(C)cc1CN1CCN(C(=S)Nc2cccc3ccccc23)CC1. The predicted molar refractivity (Wildman–Crippen MR) is 115 cm³/mol. The molecule has 0 spiro atoms. The summed E-state index contributed by atoms with van der Waals surface area (Å²) in [7, 11) is 1.98. The van der Waals surface area contributed by atoms with E-state index in [4.69, 9.17) is 12.2 Å². The van der Waals surface area contributed by atoms with Gasteiger partial charge < -0.3 is 10.2 Å². The lowest BCUT2D eigenvalue weighted by Crippen LogP contribution is -2.49. The number of anilines is 1. The minimum Gasteiger partial charge on any atom is -0.346 e. The van der Waals surface area contributed by atoms with E-state index in [2.05, 4.69) is 75.8 Å². The van der Waals surface area contributed by atoms with E-state index in [1.54, 1.807) is 0 Å². The highest BCUT2D eigenvalue weighted by molar-refractivity contribution is 7.80. The molecule has 0 saturated carbocycles. The lowest BCUT2D eigenvalue weighted by molar-refractivity contribution is 0.176. The van der Waals surface area contributed by atoms with Crippen LogP contribution in [0.5, 0.6) is 0 Å².